The van der Waals surface area contributed by atoms with Gasteiger partial charge in [0.1, 0.15) is 0 Å². The fraction of sp³-hybridized carbons (Fsp3) is 0.900. The molecule has 0 aliphatic rings. The lowest BCUT2D eigenvalue weighted by Gasteiger charge is -2.08. The molecule has 0 unspecified atom stereocenters. The maximum Gasteiger partial charge on any atom is 0.389 e. The van der Waals surface area contributed by atoms with Crippen LogP contribution < -0.4 is 11.1 Å². The molecular weight excluding hydrogens is 346 g/mol. The van der Waals surface area contributed by atoms with Gasteiger partial charge in [0.2, 0.25) is 0 Å². The molecule has 0 aliphatic carbocycles. The van der Waals surface area contributed by atoms with Crippen molar-refractivity contribution in [3.05, 3.63) is 0 Å². The van der Waals surface area contributed by atoms with Crippen LogP contribution in [-0.4, -0.2) is 25.2 Å². The number of nitrogens with two attached hydrogens (primary N) is 1. The van der Waals surface area contributed by atoms with Gasteiger partial charge in [0.25, 0.3) is 0 Å². The lowest BCUT2D eigenvalue weighted by atomic mass is 10.2. The standard InChI is InChI=1S/C10H20F3N3.HI/c1-8(2)7-16-9(14)15-6-4-3-5-10(11,12)13;/h8H,3-7H2,1-2H3,(H3,14,15,16);1H. The Bertz CT molecular complexity index is 217. The van der Waals surface area contributed by atoms with Crippen LogP contribution in [0.5, 0.6) is 0 Å². The zero-order chi connectivity index (χ0) is 12.6. The molecule has 104 valence electrons. The van der Waals surface area contributed by atoms with Gasteiger partial charge in [0.05, 0.1) is 0 Å². The number of alkyl halides is 3. The third-order valence-electron chi connectivity index (χ3n) is 1.82. The van der Waals surface area contributed by atoms with Gasteiger partial charge in [-0.25, -0.2) is 0 Å². The highest BCUT2D eigenvalue weighted by Gasteiger charge is 2.25. The number of aliphatic imine (C=N–C) groups is 1. The van der Waals surface area contributed by atoms with Crippen molar-refractivity contribution in [1.82, 2.24) is 5.32 Å². The monoisotopic (exact) mass is 367 g/mol. The van der Waals surface area contributed by atoms with Crippen LogP contribution in [-0.2, 0) is 0 Å². The van der Waals surface area contributed by atoms with Crippen molar-refractivity contribution in [2.45, 2.75) is 39.3 Å². The van der Waals surface area contributed by atoms with Gasteiger partial charge in [-0.05, 0) is 18.8 Å². The van der Waals surface area contributed by atoms with Crippen LogP contribution in [0.1, 0.15) is 33.1 Å². The van der Waals surface area contributed by atoms with E-state index in [1.165, 1.54) is 0 Å². The molecule has 0 atom stereocenters. The van der Waals surface area contributed by atoms with E-state index in [0.29, 0.717) is 31.4 Å². The molecule has 3 nitrogen and oxygen atoms in total. The minimum absolute atomic E-state index is 0. The summed E-state index contributed by atoms with van der Waals surface area (Å²) in [5.74, 6) is 0.728. The van der Waals surface area contributed by atoms with Gasteiger partial charge < -0.3 is 11.1 Å². The van der Waals surface area contributed by atoms with Crippen molar-refractivity contribution in [1.29, 1.82) is 0 Å². The van der Waals surface area contributed by atoms with Crippen LogP contribution in [0.2, 0.25) is 0 Å². The molecule has 0 radical (unpaired) electrons. The predicted molar refractivity (Wildman–Crippen MR) is 74.7 cm³/mol. The van der Waals surface area contributed by atoms with Gasteiger partial charge >= 0.3 is 6.18 Å². The smallest absolute Gasteiger partial charge is 0.370 e. The molecule has 0 aliphatic heterocycles. The molecule has 0 bridgehead atoms. The Balaban J connectivity index is 0. The molecule has 0 amide bonds. The number of guanidine groups is 1. The largest absolute Gasteiger partial charge is 0.389 e. The number of nitrogens with zero attached hydrogens (tertiary/aromatic N) is 1. The number of hydrogen-bond donors (Lipinski definition) is 2. The van der Waals surface area contributed by atoms with E-state index >= 15 is 0 Å². The Morgan fingerprint density at radius 3 is 2.35 bits per heavy atom. The number of halogens is 4. The minimum Gasteiger partial charge on any atom is -0.370 e. The second kappa shape index (κ2) is 9.78. The SMILES string of the molecule is CC(C)CN=C(N)NCCCCC(F)(F)F.I. The number of unbranched alkanes of at least 4 members (excludes halogenated alkanes) is 1. The minimum atomic E-state index is -4.06. The van der Waals surface area contributed by atoms with E-state index in [2.05, 4.69) is 10.3 Å². The van der Waals surface area contributed by atoms with Gasteiger partial charge in [-0.1, -0.05) is 13.8 Å². The van der Waals surface area contributed by atoms with Gasteiger partial charge in [-0.15, -0.1) is 24.0 Å². The van der Waals surface area contributed by atoms with E-state index in [4.69, 9.17) is 5.73 Å². The van der Waals surface area contributed by atoms with Gasteiger partial charge in [-0.3, -0.25) is 4.99 Å². The molecule has 7 heteroatoms. The van der Waals surface area contributed by atoms with Crippen LogP contribution in [0.15, 0.2) is 4.99 Å². The van der Waals surface area contributed by atoms with Crippen molar-refractivity contribution < 1.29 is 13.2 Å². The second-order valence-electron chi connectivity index (χ2n) is 4.12. The summed E-state index contributed by atoms with van der Waals surface area (Å²) in [4.78, 5) is 4.03. The maximum absolute atomic E-state index is 11.8. The second-order valence-corrected chi connectivity index (χ2v) is 4.12. The first-order valence-corrected chi connectivity index (χ1v) is 5.42. The molecule has 0 spiro atoms. The summed E-state index contributed by atoms with van der Waals surface area (Å²) in [6.07, 6.45) is -4.24. The fourth-order valence-corrected chi connectivity index (χ4v) is 1.00. The topological polar surface area (TPSA) is 50.4 Å². The van der Waals surface area contributed by atoms with Gasteiger partial charge in [0, 0.05) is 19.5 Å². The highest BCUT2D eigenvalue weighted by Crippen LogP contribution is 2.21. The Labute approximate surface area is 117 Å². The molecule has 0 rings (SSSR count). The summed E-state index contributed by atoms with van der Waals surface area (Å²) in [7, 11) is 0. The molecule has 0 aromatic heterocycles. The Kier molecular flexibility index (Phi) is 11.0. The lowest BCUT2D eigenvalue weighted by molar-refractivity contribution is -0.135. The van der Waals surface area contributed by atoms with Crippen LogP contribution in [0.25, 0.3) is 0 Å². The Morgan fingerprint density at radius 1 is 1.29 bits per heavy atom. The zero-order valence-corrected chi connectivity index (χ0v) is 12.5. The number of nitrogens with one attached hydrogen (secondary N) is 1. The Hall–Kier alpha value is -0.210. The average molecular weight is 367 g/mol. The molecule has 3 N–H and O–H groups in total. The zero-order valence-electron chi connectivity index (χ0n) is 10.2. The molecular formula is C10H21F3IN3. The molecule has 0 saturated heterocycles. The van der Waals surface area contributed by atoms with Crippen LogP contribution in [0.3, 0.4) is 0 Å². The van der Waals surface area contributed by atoms with E-state index in [1.807, 2.05) is 13.8 Å². The van der Waals surface area contributed by atoms with Crippen LogP contribution in [0.4, 0.5) is 13.2 Å². The lowest BCUT2D eigenvalue weighted by Crippen LogP contribution is -2.32. The van der Waals surface area contributed by atoms with Gasteiger partial charge in [0.15, 0.2) is 5.96 Å². The maximum atomic E-state index is 11.8. The van der Waals surface area contributed by atoms with Crippen molar-refractivity contribution >= 4 is 29.9 Å². The summed E-state index contributed by atoms with van der Waals surface area (Å²) in [5, 5.41) is 2.78. The summed E-state index contributed by atoms with van der Waals surface area (Å²) in [6.45, 7) is 5.09. The third-order valence-corrected chi connectivity index (χ3v) is 1.82. The number of hydrogen-bond acceptors (Lipinski definition) is 1. The molecule has 0 fully saturated rings. The van der Waals surface area contributed by atoms with E-state index in [0.717, 1.165) is 0 Å². The molecule has 0 aromatic rings. The fourth-order valence-electron chi connectivity index (χ4n) is 1.00. The van der Waals surface area contributed by atoms with Crippen molar-refractivity contribution in [2.75, 3.05) is 13.1 Å². The summed E-state index contributed by atoms with van der Waals surface area (Å²) >= 11 is 0. The van der Waals surface area contributed by atoms with E-state index in [9.17, 15) is 13.2 Å². The molecule has 17 heavy (non-hydrogen) atoms. The highest BCUT2D eigenvalue weighted by atomic mass is 127. The van der Waals surface area contributed by atoms with E-state index in [-0.39, 0.29) is 30.4 Å². The third kappa shape index (κ3) is 15.8. The molecule has 0 aromatic carbocycles. The highest BCUT2D eigenvalue weighted by molar-refractivity contribution is 14.0. The van der Waals surface area contributed by atoms with Crippen molar-refractivity contribution in [3.63, 3.8) is 0 Å². The Morgan fingerprint density at radius 2 is 1.88 bits per heavy atom. The van der Waals surface area contributed by atoms with Crippen molar-refractivity contribution in [2.24, 2.45) is 16.6 Å². The normalized spacial score (nSPS) is 12.5. The first-order chi connectivity index (χ1) is 7.31. The average Bonchev–Trinajstić information content (AvgIpc) is 2.12. The van der Waals surface area contributed by atoms with Gasteiger partial charge in [-0.2, -0.15) is 13.2 Å². The molecule has 0 saturated carbocycles. The first-order valence-electron chi connectivity index (χ1n) is 5.42. The number of rotatable bonds is 6. The summed E-state index contributed by atoms with van der Waals surface area (Å²) in [6, 6.07) is 0. The van der Waals surface area contributed by atoms with E-state index < -0.39 is 12.6 Å². The van der Waals surface area contributed by atoms with Crippen LogP contribution in [0, 0.1) is 5.92 Å². The summed E-state index contributed by atoms with van der Waals surface area (Å²) in [5.41, 5.74) is 5.51. The predicted octanol–water partition coefficient (Wildman–Crippen LogP) is 2.90. The first kappa shape index (κ1) is 19.1. The molecule has 0 heterocycles. The van der Waals surface area contributed by atoms with E-state index in [1.54, 1.807) is 0 Å². The quantitative estimate of drug-likeness (QED) is 0.328. The summed E-state index contributed by atoms with van der Waals surface area (Å²) < 4.78 is 35.3. The van der Waals surface area contributed by atoms with Crippen LogP contribution >= 0.6 is 24.0 Å². The van der Waals surface area contributed by atoms with Crippen molar-refractivity contribution in [3.8, 4) is 0 Å².